The van der Waals surface area contributed by atoms with E-state index in [0.717, 1.165) is 22.8 Å². The van der Waals surface area contributed by atoms with Crippen LogP contribution in [0.3, 0.4) is 0 Å². The molecule has 2 heterocycles. The SMILES string of the molecule is COc1ccccc1C(NC(=O)c1cnns1)c1ccccn1. The van der Waals surface area contributed by atoms with E-state index in [1.165, 1.54) is 6.20 Å². The summed E-state index contributed by atoms with van der Waals surface area (Å²) in [5.41, 5.74) is 1.56. The van der Waals surface area contributed by atoms with E-state index >= 15 is 0 Å². The Bertz CT molecular complexity index is 778. The maximum absolute atomic E-state index is 12.4. The Labute approximate surface area is 137 Å². The lowest BCUT2D eigenvalue weighted by atomic mass is 10.0. The Morgan fingerprint density at radius 2 is 2.04 bits per heavy atom. The Morgan fingerprint density at radius 1 is 1.22 bits per heavy atom. The van der Waals surface area contributed by atoms with Gasteiger partial charge in [-0.15, -0.1) is 5.10 Å². The fourth-order valence-corrected chi connectivity index (χ4v) is 2.65. The Balaban J connectivity index is 1.99. The van der Waals surface area contributed by atoms with Gasteiger partial charge in [0.25, 0.3) is 5.91 Å². The first-order valence-corrected chi connectivity index (χ1v) is 7.69. The number of ether oxygens (including phenoxy) is 1. The standard InChI is InChI=1S/C16H14N4O2S/c1-22-13-8-3-2-6-11(13)15(12-7-4-5-9-17-12)19-16(21)14-10-18-20-23-14/h2-10,15H,1H3,(H,19,21). The van der Waals surface area contributed by atoms with Gasteiger partial charge in [-0.2, -0.15) is 0 Å². The van der Waals surface area contributed by atoms with Crippen LogP contribution in [0.1, 0.15) is 27.0 Å². The minimum Gasteiger partial charge on any atom is -0.496 e. The lowest BCUT2D eigenvalue weighted by Crippen LogP contribution is -2.29. The molecule has 23 heavy (non-hydrogen) atoms. The molecule has 6 nitrogen and oxygen atoms in total. The highest BCUT2D eigenvalue weighted by Crippen LogP contribution is 2.29. The molecule has 0 saturated carbocycles. The summed E-state index contributed by atoms with van der Waals surface area (Å²) in [6.07, 6.45) is 3.13. The molecule has 1 atom stereocenters. The minimum atomic E-state index is -0.429. The Morgan fingerprint density at radius 3 is 2.74 bits per heavy atom. The van der Waals surface area contributed by atoms with Gasteiger partial charge in [0.15, 0.2) is 0 Å². The van der Waals surface area contributed by atoms with E-state index in [2.05, 4.69) is 19.9 Å². The Kier molecular flexibility index (Phi) is 4.58. The average Bonchev–Trinajstić information content (AvgIpc) is 3.15. The number of benzene rings is 1. The second-order valence-corrected chi connectivity index (χ2v) is 5.47. The van der Waals surface area contributed by atoms with Crippen molar-refractivity contribution in [1.82, 2.24) is 19.9 Å². The number of nitrogens with one attached hydrogen (secondary N) is 1. The molecule has 7 heteroatoms. The third-order valence-corrected chi connectivity index (χ3v) is 3.96. The molecule has 116 valence electrons. The number of aromatic nitrogens is 3. The molecule has 0 fully saturated rings. The first kappa shape index (κ1) is 15.1. The third kappa shape index (κ3) is 3.35. The van der Waals surface area contributed by atoms with Crippen LogP contribution in [0, 0.1) is 0 Å². The summed E-state index contributed by atoms with van der Waals surface area (Å²) in [7, 11) is 1.60. The molecule has 1 aromatic carbocycles. The van der Waals surface area contributed by atoms with Gasteiger partial charge in [-0.25, -0.2) is 0 Å². The smallest absolute Gasteiger partial charge is 0.265 e. The number of carbonyl (C=O) groups excluding carboxylic acids is 1. The van der Waals surface area contributed by atoms with Crippen LogP contribution in [0.2, 0.25) is 0 Å². The molecule has 2 aromatic heterocycles. The molecule has 0 aliphatic heterocycles. The highest BCUT2D eigenvalue weighted by atomic mass is 32.1. The summed E-state index contributed by atoms with van der Waals surface area (Å²) in [5, 5.41) is 6.67. The van der Waals surface area contributed by atoms with Crippen LogP contribution in [0.25, 0.3) is 0 Å². The number of methoxy groups -OCH3 is 1. The molecule has 1 N–H and O–H groups in total. The van der Waals surface area contributed by atoms with Crippen molar-refractivity contribution in [2.24, 2.45) is 0 Å². The van der Waals surface area contributed by atoms with Crippen molar-refractivity contribution < 1.29 is 9.53 Å². The van der Waals surface area contributed by atoms with Crippen LogP contribution in [-0.4, -0.2) is 27.6 Å². The molecule has 0 radical (unpaired) electrons. The van der Waals surface area contributed by atoms with E-state index in [-0.39, 0.29) is 5.91 Å². The van der Waals surface area contributed by atoms with Crippen molar-refractivity contribution >= 4 is 17.4 Å². The van der Waals surface area contributed by atoms with Crippen molar-refractivity contribution in [3.05, 3.63) is 71.0 Å². The van der Waals surface area contributed by atoms with Crippen LogP contribution in [0.5, 0.6) is 5.75 Å². The van der Waals surface area contributed by atoms with Gasteiger partial charge in [0.2, 0.25) is 0 Å². The summed E-state index contributed by atoms with van der Waals surface area (Å²) >= 11 is 1.05. The fourth-order valence-electron chi connectivity index (χ4n) is 2.23. The second-order valence-electron chi connectivity index (χ2n) is 4.68. The molecule has 0 spiro atoms. The van der Waals surface area contributed by atoms with E-state index in [1.54, 1.807) is 13.3 Å². The van der Waals surface area contributed by atoms with E-state index in [1.807, 2.05) is 42.5 Å². The van der Waals surface area contributed by atoms with E-state index in [0.29, 0.717) is 10.6 Å². The zero-order valence-corrected chi connectivity index (χ0v) is 13.2. The molecular formula is C16H14N4O2S. The summed E-state index contributed by atoms with van der Waals surface area (Å²) in [4.78, 5) is 17.2. The summed E-state index contributed by atoms with van der Waals surface area (Å²) in [6, 6.07) is 12.7. The van der Waals surface area contributed by atoms with Crippen molar-refractivity contribution in [3.8, 4) is 5.75 Å². The quantitative estimate of drug-likeness (QED) is 0.779. The van der Waals surface area contributed by atoms with Gasteiger partial charge in [-0.3, -0.25) is 9.78 Å². The van der Waals surface area contributed by atoms with Crippen LogP contribution in [0.15, 0.2) is 54.9 Å². The zero-order chi connectivity index (χ0) is 16.1. The topological polar surface area (TPSA) is 77.0 Å². The van der Waals surface area contributed by atoms with Crippen LogP contribution in [-0.2, 0) is 0 Å². The van der Waals surface area contributed by atoms with Gasteiger partial charge in [-0.05, 0) is 29.7 Å². The molecule has 3 rings (SSSR count). The largest absolute Gasteiger partial charge is 0.496 e. The van der Waals surface area contributed by atoms with Crippen LogP contribution >= 0.6 is 11.5 Å². The number of hydrogen-bond donors (Lipinski definition) is 1. The van der Waals surface area contributed by atoms with Crippen molar-refractivity contribution in [1.29, 1.82) is 0 Å². The average molecular weight is 326 g/mol. The van der Waals surface area contributed by atoms with E-state index < -0.39 is 6.04 Å². The first-order valence-electron chi connectivity index (χ1n) is 6.91. The molecular weight excluding hydrogens is 312 g/mol. The van der Waals surface area contributed by atoms with Crippen LogP contribution in [0.4, 0.5) is 0 Å². The molecule has 1 amide bonds. The maximum atomic E-state index is 12.4. The lowest BCUT2D eigenvalue weighted by Gasteiger charge is -2.20. The highest BCUT2D eigenvalue weighted by Gasteiger charge is 2.22. The highest BCUT2D eigenvalue weighted by molar-refractivity contribution is 7.07. The Hall–Kier alpha value is -2.80. The number of carbonyl (C=O) groups is 1. The summed E-state index contributed by atoms with van der Waals surface area (Å²) in [5.74, 6) is 0.437. The van der Waals surface area contributed by atoms with Crippen LogP contribution < -0.4 is 10.1 Å². The number of nitrogens with zero attached hydrogens (tertiary/aromatic N) is 3. The second kappa shape index (κ2) is 6.97. The molecule has 0 saturated heterocycles. The van der Waals surface area contributed by atoms with Crippen molar-refractivity contribution in [3.63, 3.8) is 0 Å². The zero-order valence-electron chi connectivity index (χ0n) is 12.3. The van der Waals surface area contributed by atoms with Gasteiger partial charge >= 0.3 is 0 Å². The van der Waals surface area contributed by atoms with Gasteiger partial charge in [-0.1, -0.05) is 28.8 Å². The van der Waals surface area contributed by atoms with E-state index in [4.69, 9.17) is 4.74 Å². The molecule has 0 aliphatic carbocycles. The molecule has 0 bridgehead atoms. The lowest BCUT2D eigenvalue weighted by molar-refractivity contribution is 0.0946. The van der Waals surface area contributed by atoms with E-state index in [9.17, 15) is 4.79 Å². The normalized spacial score (nSPS) is 11.7. The minimum absolute atomic E-state index is 0.249. The summed E-state index contributed by atoms with van der Waals surface area (Å²) in [6.45, 7) is 0. The molecule has 1 unspecified atom stereocenters. The predicted molar refractivity (Wildman–Crippen MR) is 86.4 cm³/mol. The van der Waals surface area contributed by atoms with Gasteiger partial charge in [0, 0.05) is 11.8 Å². The van der Waals surface area contributed by atoms with Gasteiger partial charge < -0.3 is 10.1 Å². The fraction of sp³-hybridized carbons (Fsp3) is 0.125. The number of para-hydroxylation sites is 1. The summed E-state index contributed by atoms with van der Waals surface area (Å²) < 4.78 is 9.14. The number of amides is 1. The monoisotopic (exact) mass is 326 g/mol. The molecule has 0 aliphatic rings. The van der Waals surface area contributed by atoms with Gasteiger partial charge in [0.1, 0.15) is 16.7 Å². The van der Waals surface area contributed by atoms with Gasteiger partial charge in [0.05, 0.1) is 19.0 Å². The van der Waals surface area contributed by atoms with Crippen molar-refractivity contribution in [2.75, 3.05) is 7.11 Å². The third-order valence-electron chi connectivity index (χ3n) is 3.29. The predicted octanol–water partition coefficient (Wildman–Crippen LogP) is 2.46. The number of rotatable bonds is 5. The number of pyridine rings is 1. The molecule has 3 aromatic rings. The van der Waals surface area contributed by atoms with Crippen molar-refractivity contribution in [2.45, 2.75) is 6.04 Å². The first-order chi connectivity index (χ1) is 11.3. The number of hydrogen-bond acceptors (Lipinski definition) is 6. The maximum Gasteiger partial charge on any atom is 0.265 e.